The summed E-state index contributed by atoms with van der Waals surface area (Å²) in [7, 11) is 0. The Morgan fingerprint density at radius 3 is 2.23 bits per heavy atom. The fraction of sp³-hybridized carbons (Fsp3) is 0.389. The molecule has 1 unspecified atom stereocenters. The van der Waals surface area contributed by atoms with Gasteiger partial charge in [0, 0.05) is 38.2 Å². The summed E-state index contributed by atoms with van der Waals surface area (Å²) in [5.74, 6) is 1.93. The minimum atomic E-state index is -0.907. The van der Waals surface area contributed by atoms with Crippen LogP contribution in [0, 0.1) is 5.92 Å². The van der Waals surface area contributed by atoms with Crippen LogP contribution in [0.15, 0.2) is 95.5 Å². The molecule has 0 saturated heterocycles. The number of aromatic nitrogens is 1. The number of nitrogens with zero attached hydrogens (tertiary/aromatic N) is 2. The van der Waals surface area contributed by atoms with Crippen molar-refractivity contribution in [2.75, 3.05) is 18.4 Å². The number of anilines is 1. The standard InChI is InChI=1S/C29H31N3O4.C7H14/c33-21-23-11-13-25(14-12-23)31-27(34)16-18-32(20-22-7-3-1-4-8-22)17-15-26-19-30-29(36-26)28(35)24-9-5-2-6-10-24;1-7-5-3-2-4-6-7/h1-14,19,28,33,35H,15-18,20-21H2,(H,31,34);7H,2-6H2,1H3. The number of benzene rings is 3. The molecule has 43 heavy (non-hydrogen) atoms. The third-order valence-electron chi connectivity index (χ3n) is 7.81. The van der Waals surface area contributed by atoms with Gasteiger partial charge in [0.25, 0.3) is 0 Å². The highest BCUT2D eigenvalue weighted by Crippen LogP contribution is 2.23. The molecule has 3 aromatic carbocycles. The third kappa shape index (κ3) is 11.1. The lowest BCUT2D eigenvalue weighted by molar-refractivity contribution is -0.116. The van der Waals surface area contributed by atoms with Gasteiger partial charge in [-0.2, -0.15) is 0 Å². The van der Waals surface area contributed by atoms with Gasteiger partial charge in [-0.1, -0.05) is 112 Å². The molecule has 0 aliphatic heterocycles. The topological polar surface area (TPSA) is 98.8 Å². The quantitative estimate of drug-likeness (QED) is 0.168. The lowest BCUT2D eigenvalue weighted by atomic mass is 9.91. The van der Waals surface area contributed by atoms with Crippen LogP contribution in [0.4, 0.5) is 5.69 Å². The van der Waals surface area contributed by atoms with E-state index in [0.717, 1.165) is 22.6 Å². The van der Waals surface area contributed by atoms with Crippen LogP contribution in [0.25, 0.3) is 0 Å². The maximum atomic E-state index is 12.6. The van der Waals surface area contributed by atoms with Crippen molar-refractivity contribution in [2.45, 2.75) is 71.1 Å². The summed E-state index contributed by atoms with van der Waals surface area (Å²) in [5, 5.41) is 22.6. The molecule has 1 fully saturated rings. The second-order valence-corrected chi connectivity index (χ2v) is 11.4. The zero-order valence-corrected chi connectivity index (χ0v) is 25.2. The molecule has 1 aromatic heterocycles. The van der Waals surface area contributed by atoms with Gasteiger partial charge in [0.1, 0.15) is 5.76 Å². The monoisotopic (exact) mass is 583 g/mol. The number of oxazole rings is 1. The van der Waals surface area contributed by atoms with Crippen LogP contribution in [-0.2, 0) is 24.4 Å². The zero-order valence-electron chi connectivity index (χ0n) is 25.2. The van der Waals surface area contributed by atoms with Crippen LogP contribution < -0.4 is 5.32 Å². The molecule has 1 atom stereocenters. The Bertz CT molecular complexity index is 1340. The fourth-order valence-electron chi connectivity index (χ4n) is 5.21. The molecular formula is C36H45N3O4. The molecule has 0 bridgehead atoms. The first kappa shape index (κ1) is 32.1. The number of carbonyl (C=O) groups excluding carboxylic acids is 1. The number of hydrogen-bond donors (Lipinski definition) is 3. The van der Waals surface area contributed by atoms with E-state index in [0.29, 0.717) is 43.9 Å². The number of aliphatic hydroxyl groups is 2. The van der Waals surface area contributed by atoms with Crippen LogP contribution in [0.2, 0.25) is 0 Å². The highest BCUT2D eigenvalue weighted by atomic mass is 16.4. The van der Waals surface area contributed by atoms with E-state index in [4.69, 9.17) is 4.42 Å². The minimum absolute atomic E-state index is 0.0272. The predicted octanol–water partition coefficient (Wildman–Crippen LogP) is 6.91. The van der Waals surface area contributed by atoms with Gasteiger partial charge in [-0.05, 0) is 34.7 Å². The van der Waals surface area contributed by atoms with Crippen molar-refractivity contribution in [1.29, 1.82) is 0 Å². The van der Waals surface area contributed by atoms with E-state index in [1.54, 1.807) is 30.5 Å². The van der Waals surface area contributed by atoms with Crippen LogP contribution in [-0.4, -0.2) is 39.1 Å². The molecule has 3 N–H and O–H groups in total. The van der Waals surface area contributed by atoms with E-state index in [-0.39, 0.29) is 18.4 Å². The van der Waals surface area contributed by atoms with Gasteiger partial charge in [-0.25, -0.2) is 4.98 Å². The molecule has 1 saturated carbocycles. The van der Waals surface area contributed by atoms with Crippen LogP contribution in [0.5, 0.6) is 0 Å². The van der Waals surface area contributed by atoms with Crippen LogP contribution in [0.3, 0.4) is 0 Å². The molecule has 1 aliphatic carbocycles. The van der Waals surface area contributed by atoms with Crippen molar-refractivity contribution in [3.63, 3.8) is 0 Å². The lowest BCUT2D eigenvalue weighted by Gasteiger charge is -2.22. The lowest BCUT2D eigenvalue weighted by Crippen LogP contribution is -2.29. The highest BCUT2D eigenvalue weighted by Gasteiger charge is 2.17. The summed E-state index contributed by atoms with van der Waals surface area (Å²) in [5.41, 5.74) is 3.40. The minimum Gasteiger partial charge on any atom is -0.442 e. The van der Waals surface area contributed by atoms with E-state index in [2.05, 4.69) is 34.3 Å². The third-order valence-corrected chi connectivity index (χ3v) is 7.81. The molecule has 4 aromatic rings. The van der Waals surface area contributed by atoms with Gasteiger partial charge in [-0.3, -0.25) is 9.69 Å². The van der Waals surface area contributed by atoms with E-state index in [1.807, 2.05) is 48.5 Å². The van der Waals surface area contributed by atoms with Crippen molar-refractivity contribution in [3.05, 3.63) is 119 Å². The largest absolute Gasteiger partial charge is 0.442 e. The van der Waals surface area contributed by atoms with Gasteiger partial charge in [0.05, 0.1) is 12.8 Å². The summed E-state index contributed by atoms with van der Waals surface area (Å²) in [6.07, 6.45) is 9.13. The average molecular weight is 584 g/mol. The Hall–Kier alpha value is -3.78. The van der Waals surface area contributed by atoms with Gasteiger partial charge in [0.15, 0.2) is 6.10 Å². The van der Waals surface area contributed by atoms with Crippen LogP contribution in [0.1, 0.15) is 79.9 Å². The molecule has 1 heterocycles. The van der Waals surface area contributed by atoms with Crippen LogP contribution >= 0.6 is 0 Å². The Labute approximate surface area is 255 Å². The van der Waals surface area contributed by atoms with Crippen molar-refractivity contribution in [2.24, 2.45) is 5.92 Å². The summed E-state index contributed by atoms with van der Waals surface area (Å²) in [6, 6.07) is 26.6. The second kappa shape index (κ2) is 17.4. The smallest absolute Gasteiger partial charge is 0.227 e. The maximum Gasteiger partial charge on any atom is 0.227 e. The van der Waals surface area contributed by atoms with E-state index < -0.39 is 6.10 Å². The Morgan fingerprint density at radius 2 is 1.60 bits per heavy atom. The molecule has 0 spiro atoms. The Kier molecular flexibility index (Phi) is 13.0. The summed E-state index contributed by atoms with van der Waals surface area (Å²) in [6.45, 7) is 4.28. The summed E-state index contributed by atoms with van der Waals surface area (Å²) >= 11 is 0. The molecule has 1 aliphatic rings. The highest BCUT2D eigenvalue weighted by molar-refractivity contribution is 5.90. The Balaban J connectivity index is 0.000000530. The van der Waals surface area contributed by atoms with Crippen molar-refractivity contribution < 1.29 is 19.4 Å². The van der Waals surface area contributed by atoms with Crippen molar-refractivity contribution in [3.8, 4) is 0 Å². The number of amides is 1. The van der Waals surface area contributed by atoms with Crippen molar-refractivity contribution >= 4 is 11.6 Å². The first-order valence-electron chi connectivity index (χ1n) is 15.4. The molecular weight excluding hydrogens is 538 g/mol. The summed E-state index contributed by atoms with van der Waals surface area (Å²) < 4.78 is 5.84. The maximum absolute atomic E-state index is 12.6. The first-order valence-corrected chi connectivity index (χ1v) is 15.4. The average Bonchev–Trinajstić information content (AvgIpc) is 3.53. The summed E-state index contributed by atoms with van der Waals surface area (Å²) in [4.78, 5) is 19.0. The van der Waals surface area contributed by atoms with E-state index in [1.165, 1.54) is 32.1 Å². The number of rotatable bonds is 12. The molecule has 5 rings (SSSR count). The molecule has 1 amide bonds. The molecule has 228 valence electrons. The molecule has 7 heteroatoms. The second-order valence-electron chi connectivity index (χ2n) is 11.4. The molecule has 0 radical (unpaired) electrons. The van der Waals surface area contributed by atoms with E-state index >= 15 is 0 Å². The van der Waals surface area contributed by atoms with Crippen molar-refractivity contribution in [1.82, 2.24) is 9.88 Å². The van der Waals surface area contributed by atoms with Gasteiger partial charge in [0.2, 0.25) is 11.8 Å². The zero-order chi connectivity index (χ0) is 30.3. The predicted molar refractivity (Wildman–Crippen MR) is 170 cm³/mol. The number of aliphatic hydroxyl groups excluding tert-OH is 2. The van der Waals surface area contributed by atoms with Gasteiger partial charge >= 0.3 is 0 Å². The van der Waals surface area contributed by atoms with E-state index in [9.17, 15) is 15.0 Å². The fourth-order valence-corrected chi connectivity index (χ4v) is 5.21. The first-order chi connectivity index (χ1) is 21.0. The normalized spacial score (nSPS) is 14.1. The molecule has 7 nitrogen and oxygen atoms in total. The number of carbonyl (C=O) groups is 1. The van der Waals surface area contributed by atoms with Gasteiger partial charge < -0.3 is 19.9 Å². The number of hydrogen-bond acceptors (Lipinski definition) is 6. The number of nitrogens with one attached hydrogen (secondary N) is 1. The SMILES string of the molecule is CC1CCCCC1.O=C(CCN(CCc1cnc(C(O)c2ccccc2)o1)Cc1ccccc1)Nc1ccc(CO)cc1. The van der Waals surface area contributed by atoms with Gasteiger partial charge in [-0.15, -0.1) is 0 Å². The Morgan fingerprint density at radius 1 is 0.930 bits per heavy atom.